The molecule has 1 aliphatic rings. The van der Waals surface area contributed by atoms with Gasteiger partial charge in [-0.1, -0.05) is 42.5 Å². The number of halogens is 1. The van der Waals surface area contributed by atoms with Crippen molar-refractivity contribution in [3.8, 4) is 11.5 Å². The number of nitrogens with zero attached hydrogens (tertiary/aromatic N) is 2. The molecule has 0 aromatic heterocycles. The van der Waals surface area contributed by atoms with Crippen molar-refractivity contribution in [2.45, 2.75) is 6.61 Å². The third-order valence-corrected chi connectivity index (χ3v) is 6.81. The molecule has 0 radical (unpaired) electrons. The lowest BCUT2D eigenvalue weighted by Crippen LogP contribution is -2.52. The van der Waals surface area contributed by atoms with Crippen molar-refractivity contribution in [1.29, 1.82) is 0 Å². The summed E-state index contributed by atoms with van der Waals surface area (Å²) in [6, 6.07) is 17.9. The molecule has 0 bridgehead atoms. The highest BCUT2D eigenvalue weighted by Gasteiger charge is 2.35. The van der Waals surface area contributed by atoms with Crippen molar-refractivity contribution < 1.29 is 19.1 Å². The van der Waals surface area contributed by atoms with Crippen LogP contribution in [0.2, 0.25) is 0 Å². The lowest BCUT2D eigenvalue weighted by Gasteiger charge is -2.31. The molecule has 0 atom stereocenters. The Labute approximate surface area is 210 Å². The monoisotopic (exact) mass is 572 g/mol. The van der Waals surface area contributed by atoms with Gasteiger partial charge in [0.1, 0.15) is 12.2 Å². The van der Waals surface area contributed by atoms with E-state index < -0.39 is 11.8 Å². The first-order chi connectivity index (χ1) is 15.8. The number of hydrogen-bond acceptors (Lipinski definition) is 5. The van der Waals surface area contributed by atoms with Gasteiger partial charge in [-0.2, -0.15) is 0 Å². The Hall–Kier alpha value is -2.98. The van der Waals surface area contributed by atoms with Gasteiger partial charge in [-0.15, -0.1) is 0 Å². The van der Waals surface area contributed by atoms with Crippen LogP contribution in [0.1, 0.15) is 11.1 Å². The van der Waals surface area contributed by atoms with Crippen LogP contribution < -0.4 is 9.47 Å². The first-order valence-electron chi connectivity index (χ1n) is 10.1. The molecular formula is C25H21IN2O4S. The van der Waals surface area contributed by atoms with Crippen molar-refractivity contribution in [2.24, 2.45) is 0 Å². The second kappa shape index (κ2) is 9.48. The Morgan fingerprint density at radius 3 is 2.36 bits per heavy atom. The van der Waals surface area contributed by atoms with Crippen molar-refractivity contribution >= 4 is 68.6 Å². The Morgan fingerprint density at radius 2 is 1.67 bits per heavy atom. The Bertz CT molecular complexity index is 1290. The standard InChI is InChI=1S/C25H21IN2O4S/c1-27-23(29)19(24(30)28(2)25(27)33)11-15-12-20(26)22(21(13-15)31-3)32-14-17-9-6-8-16-7-4-5-10-18(16)17/h4-13H,14H2,1-3H3. The molecule has 0 spiro atoms. The fourth-order valence-electron chi connectivity index (χ4n) is 3.67. The molecule has 33 heavy (non-hydrogen) atoms. The molecule has 6 nitrogen and oxygen atoms in total. The van der Waals surface area contributed by atoms with Gasteiger partial charge in [0.25, 0.3) is 11.8 Å². The summed E-state index contributed by atoms with van der Waals surface area (Å²) >= 11 is 7.31. The molecule has 3 aromatic rings. The minimum absolute atomic E-state index is 0.0378. The first-order valence-corrected chi connectivity index (χ1v) is 11.6. The van der Waals surface area contributed by atoms with E-state index in [0.717, 1.165) is 19.9 Å². The van der Waals surface area contributed by atoms with Crippen LogP contribution in [0.25, 0.3) is 16.8 Å². The van der Waals surface area contributed by atoms with Crippen molar-refractivity contribution in [3.63, 3.8) is 0 Å². The average molecular weight is 572 g/mol. The van der Waals surface area contributed by atoms with E-state index in [4.69, 9.17) is 21.7 Å². The lowest BCUT2D eigenvalue weighted by molar-refractivity contribution is -0.132. The van der Waals surface area contributed by atoms with Crippen LogP contribution in [0.5, 0.6) is 11.5 Å². The second-order valence-corrected chi connectivity index (χ2v) is 9.06. The number of carbonyl (C=O) groups is 2. The van der Waals surface area contributed by atoms with E-state index in [1.807, 2.05) is 30.3 Å². The molecule has 1 fully saturated rings. The topological polar surface area (TPSA) is 59.1 Å². The Balaban J connectivity index is 1.65. The zero-order valence-corrected chi connectivity index (χ0v) is 21.3. The summed E-state index contributed by atoms with van der Waals surface area (Å²) in [7, 11) is 4.66. The lowest BCUT2D eigenvalue weighted by atomic mass is 10.1. The summed E-state index contributed by atoms with van der Waals surface area (Å²) in [6.07, 6.45) is 1.55. The molecule has 0 unspecified atom stereocenters. The van der Waals surface area contributed by atoms with Crippen LogP contribution >= 0.6 is 34.8 Å². The molecule has 1 aliphatic heterocycles. The number of methoxy groups -OCH3 is 1. The Kier molecular flexibility index (Phi) is 6.66. The number of ether oxygens (including phenoxy) is 2. The third kappa shape index (κ3) is 4.45. The number of hydrogen-bond donors (Lipinski definition) is 0. The van der Waals surface area contributed by atoms with E-state index in [0.29, 0.717) is 23.7 Å². The number of thiocarbonyl (C=S) groups is 1. The number of carbonyl (C=O) groups excluding carboxylic acids is 2. The van der Waals surface area contributed by atoms with E-state index in [9.17, 15) is 9.59 Å². The van der Waals surface area contributed by atoms with E-state index in [2.05, 4.69) is 40.8 Å². The fraction of sp³-hybridized carbons (Fsp3) is 0.160. The predicted molar refractivity (Wildman–Crippen MR) is 140 cm³/mol. The largest absolute Gasteiger partial charge is 0.493 e. The zero-order chi connectivity index (χ0) is 23.7. The maximum Gasteiger partial charge on any atom is 0.265 e. The minimum Gasteiger partial charge on any atom is -0.493 e. The second-order valence-electron chi connectivity index (χ2n) is 7.53. The number of likely N-dealkylation sites (N-methyl/N-ethyl adjacent to an activating group) is 2. The average Bonchev–Trinajstić information content (AvgIpc) is 2.83. The van der Waals surface area contributed by atoms with Crippen LogP contribution in [0.15, 0.2) is 60.2 Å². The number of rotatable bonds is 5. The van der Waals surface area contributed by atoms with E-state index >= 15 is 0 Å². The van der Waals surface area contributed by atoms with Crippen LogP contribution in [0.4, 0.5) is 0 Å². The molecule has 0 N–H and O–H groups in total. The van der Waals surface area contributed by atoms with Gasteiger partial charge >= 0.3 is 0 Å². The summed E-state index contributed by atoms with van der Waals surface area (Å²) in [6.45, 7) is 0.373. The normalized spacial score (nSPS) is 14.2. The van der Waals surface area contributed by atoms with Crippen molar-refractivity contribution in [1.82, 2.24) is 9.80 Å². The van der Waals surface area contributed by atoms with Gasteiger partial charge in [0, 0.05) is 14.1 Å². The van der Waals surface area contributed by atoms with Crippen molar-refractivity contribution in [3.05, 3.63) is 74.9 Å². The summed E-state index contributed by atoms with van der Waals surface area (Å²) in [5.41, 5.74) is 1.76. The zero-order valence-electron chi connectivity index (χ0n) is 18.3. The fourth-order valence-corrected chi connectivity index (χ4v) is 4.62. The maximum atomic E-state index is 12.6. The van der Waals surface area contributed by atoms with Gasteiger partial charge in [0.2, 0.25) is 0 Å². The van der Waals surface area contributed by atoms with Gasteiger partial charge in [-0.3, -0.25) is 19.4 Å². The molecule has 3 aromatic carbocycles. The highest BCUT2D eigenvalue weighted by molar-refractivity contribution is 14.1. The summed E-state index contributed by atoms with van der Waals surface area (Å²) in [4.78, 5) is 27.8. The maximum absolute atomic E-state index is 12.6. The predicted octanol–water partition coefficient (Wildman–Crippen LogP) is 4.63. The van der Waals surface area contributed by atoms with Crippen LogP contribution in [0, 0.1) is 3.57 Å². The molecular weight excluding hydrogens is 551 g/mol. The van der Waals surface area contributed by atoms with E-state index in [1.165, 1.54) is 9.80 Å². The highest BCUT2D eigenvalue weighted by atomic mass is 127. The van der Waals surface area contributed by atoms with Gasteiger partial charge < -0.3 is 9.47 Å². The van der Waals surface area contributed by atoms with Crippen molar-refractivity contribution in [2.75, 3.05) is 21.2 Å². The molecule has 8 heteroatoms. The molecule has 4 rings (SSSR count). The van der Waals surface area contributed by atoms with Gasteiger partial charge in [0.05, 0.1) is 10.7 Å². The SMILES string of the molecule is COc1cc(C=C2C(=O)N(C)C(=S)N(C)C2=O)cc(I)c1OCc1cccc2ccccc12. The van der Waals surface area contributed by atoms with Crippen LogP contribution in [-0.2, 0) is 16.2 Å². The highest BCUT2D eigenvalue weighted by Crippen LogP contribution is 2.36. The minimum atomic E-state index is -0.437. The quantitative estimate of drug-likeness (QED) is 0.193. The molecule has 1 heterocycles. The molecule has 168 valence electrons. The molecule has 0 aliphatic carbocycles. The smallest absolute Gasteiger partial charge is 0.265 e. The van der Waals surface area contributed by atoms with Gasteiger partial charge in [-0.25, -0.2) is 0 Å². The summed E-state index contributed by atoms with van der Waals surface area (Å²) < 4.78 is 12.5. The van der Waals surface area contributed by atoms with E-state index in [-0.39, 0.29) is 10.7 Å². The first kappa shape index (κ1) is 23.2. The third-order valence-electron chi connectivity index (χ3n) is 5.46. The number of benzene rings is 3. The van der Waals surface area contributed by atoms with Crippen LogP contribution in [0.3, 0.4) is 0 Å². The summed E-state index contributed by atoms with van der Waals surface area (Å²) in [5, 5.41) is 2.46. The number of fused-ring (bicyclic) bond motifs is 1. The molecule has 0 saturated carbocycles. The summed E-state index contributed by atoms with van der Waals surface area (Å²) in [5.74, 6) is 0.244. The molecule has 1 saturated heterocycles. The van der Waals surface area contributed by atoms with E-state index in [1.54, 1.807) is 33.3 Å². The number of amides is 2. The van der Waals surface area contributed by atoms with Gasteiger partial charge in [-0.05, 0) is 74.9 Å². The Morgan fingerprint density at radius 1 is 1.00 bits per heavy atom. The van der Waals surface area contributed by atoms with Crippen LogP contribution in [-0.4, -0.2) is 47.9 Å². The molecule has 2 amide bonds. The van der Waals surface area contributed by atoms with Gasteiger partial charge in [0.15, 0.2) is 16.6 Å².